The molecule has 0 saturated heterocycles. The SMILES string of the molecule is C=CC=CC=CC=CN. The summed E-state index contributed by atoms with van der Waals surface area (Å²) in [6, 6.07) is 0. The van der Waals surface area contributed by atoms with Crippen molar-refractivity contribution in [3.63, 3.8) is 0 Å². The zero-order chi connectivity index (χ0) is 6.95. The fourth-order valence-electron chi connectivity index (χ4n) is 0.335. The standard InChI is InChI=1S/C8H11N/c1-2-3-4-5-6-7-8-9/h2-8H,1,9H2. The van der Waals surface area contributed by atoms with E-state index in [0.29, 0.717) is 0 Å². The summed E-state index contributed by atoms with van der Waals surface area (Å²) in [5.41, 5.74) is 5.07. The Kier molecular flexibility index (Phi) is 5.83. The lowest BCUT2D eigenvalue weighted by Crippen LogP contribution is -1.71. The molecule has 0 unspecified atom stereocenters. The quantitative estimate of drug-likeness (QED) is 0.566. The van der Waals surface area contributed by atoms with Crippen LogP contribution in [0.25, 0.3) is 0 Å². The fourth-order valence-corrected chi connectivity index (χ4v) is 0.335. The van der Waals surface area contributed by atoms with Crippen LogP contribution in [0.2, 0.25) is 0 Å². The van der Waals surface area contributed by atoms with Crippen LogP contribution in [0.4, 0.5) is 0 Å². The Morgan fingerprint density at radius 3 is 2.00 bits per heavy atom. The second-order valence-electron chi connectivity index (χ2n) is 1.39. The summed E-state index contributed by atoms with van der Waals surface area (Å²) in [6.45, 7) is 3.52. The van der Waals surface area contributed by atoms with E-state index >= 15 is 0 Å². The molecule has 0 heterocycles. The zero-order valence-electron chi connectivity index (χ0n) is 5.33. The summed E-state index contributed by atoms with van der Waals surface area (Å²) in [6.07, 6.45) is 12.4. The summed E-state index contributed by atoms with van der Waals surface area (Å²) in [4.78, 5) is 0. The van der Waals surface area contributed by atoms with Gasteiger partial charge in [-0.15, -0.1) is 0 Å². The molecule has 2 N–H and O–H groups in total. The van der Waals surface area contributed by atoms with Gasteiger partial charge in [-0.25, -0.2) is 0 Å². The smallest absolute Gasteiger partial charge is 0.00624 e. The Morgan fingerprint density at radius 1 is 0.889 bits per heavy atom. The molecule has 0 bridgehead atoms. The van der Waals surface area contributed by atoms with E-state index in [9.17, 15) is 0 Å². The van der Waals surface area contributed by atoms with E-state index in [-0.39, 0.29) is 0 Å². The molecule has 0 rings (SSSR count). The monoisotopic (exact) mass is 121 g/mol. The van der Waals surface area contributed by atoms with Crippen molar-refractivity contribution in [2.45, 2.75) is 0 Å². The van der Waals surface area contributed by atoms with Gasteiger partial charge in [-0.3, -0.25) is 0 Å². The van der Waals surface area contributed by atoms with Crippen LogP contribution in [-0.4, -0.2) is 0 Å². The summed E-state index contributed by atoms with van der Waals surface area (Å²) < 4.78 is 0. The molecule has 0 spiro atoms. The topological polar surface area (TPSA) is 26.0 Å². The molecule has 1 heteroatoms. The van der Waals surface area contributed by atoms with Crippen LogP contribution in [0, 0.1) is 0 Å². The molecule has 0 aromatic heterocycles. The summed E-state index contributed by atoms with van der Waals surface area (Å²) >= 11 is 0. The van der Waals surface area contributed by atoms with Gasteiger partial charge in [0.25, 0.3) is 0 Å². The second kappa shape index (κ2) is 6.76. The van der Waals surface area contributed by atoms with E-state index in [1.54, 1.807) is 12.2 Å². The van der Waals surface area contributed by atoms with Gasteiger partial charge in [-0.05, 0) is 12.3 Å². The Balaban J connectivity index is 3.46. The molecular formula is C8H11N. The molecule has 0 aliphatic rings. The second-order valence-corrected chi connectivity index (χ2v) is 1.39. The number of hydrogen-bond donors (Lipinski definition) is 1. The van der Waals surface area contributed by atoms with E-state index in [0.717, 1.165) is 0 Å². The highest BCUT2D eigenvalue weighted by molar-refractivity contribution is 5.13. The minimum atomic E-state index is 1.48. The molecule has 0 aromatic carbocycles. The molecule has 0 radical (unpaired) electrons. The molecule has 48 valence electrons. The highest BCUT2D eigenvalue weighted by Gasteiger charge is 1.57. The third-order valence-corrected chi connectivity index (χ3v) is 0.692. The van der Waals surface area contributed by atoms with Crippen LogP contribution in [0.15, 0.2) is 49.2 Å². The van der Waals surface area contributed by atoms with Crippen molar-refractivity contribution < 1.29 is 0 Å². The Hall–Kier alpha value is -1.24. The first-order valence-corrected chi connectivity index (χ1v) is 2.74. The van der Waals surface area contributed by atoms with Crippen molar-refractivity contribution in [3.8, 4) is 0 Å². The van der Waals surface area contributed by atoms with Crippen molar-refractivity contribution in [1.82, 2.24) is 0 Å². The lowest BCUT2D eigenvalue weighted by Gasteiger charge is -1.69. The fraction of sp³-hybridized carbons (Fsp3) is 0. The molecule has 1 nitrogen and oxygen atoms in total. The van der Waals surface area contributed by atoms with Crippen molar-refractivity contribution >= 4 is 0 Å². The van der Waals surface area contributed by atoms with E-state index < -0.39 is 0 Å². The largest absolute Gasteiger partial charge is 0.405 e. The van der Waals surface area contributed by atoms with Gasteiger partial charge in [-0.2, -0.15) is 0 Å². The van der Waals surface area contributed by atoms with Crippen LogP contribution in [0.3, 0.4) is 0 Å². The molecule has 0 aromatic rings. The Bertz CT molecular complexity index is 141. The van der Waals surface area contributed by atoms with Crippen LogP contribution in [0.5, 0.6) is 0 Å². The van der Waals surface area contributed by atoms with Crippen LogP contribution in [-0.2, 0) is 0 Å². The van der Waals surface area contributed by atoms with Gasteiger partial charge in [0.2, 0.25) is 0 Å². The van der Waals surface area contributed by atoms with E-state index in [1.165, 1.54) is 6.20 Å². The third kappa shape index (κ3) is 6.76. The first kappa shape index (κ1) is 7.76. The molecule has 0 amide bonds. The van der Waals surface area contributed by atoms with Crippen molar-refractivity contribution in [2.75, 3.05) is 0 Å². The van der Waals surface area contributed by atoms with Crippen molar-refractivity contribution in [3.05, 3.63) is 49.2 Å². The van der Waals surface area contributed by atoms with Crippen LogP contribution < -0.4 is 5.73 Å². The highest BCUT2D eigenvalue weighted by atomic mass is 14.5. The molecule has 0 atom stereocenters. The maximum absolute atomic E-state index is 5.07. The van der Waals surface area contributed by atoms with Crippen LogP contribution in [0.1, 0.15) is 0 Å². The average Bonchev–Trinajstić information content (AvgIpc) is 1.89. The van der Waals surface area contributed by atoms with Gasteiger partial charge in [0.15, 0.2) is 0 Å². The molecule has 0 saturated carbocycles. The minimum Gasteiger partial charge on any atom is -0.405 e. The molecular weight excluding hydrogens is 110 g/mol. The number of nitrogens with two attached hydrogens (primary N) is 1. The molecule has 9 heavy (non-hydrogen) atoms. The van der Waals surface area contributed by atoms with Gasteiger partial charge < -0.3 is 5.73 Å². The first-order valence-electron chi connectivity index (χ1n) is 2.74. The van der Waals surface area contributed by atoms with E-state index in [4.69, 9.17) is 5.73 Å². The van der Waals surface area contributed by atoms with Crippen LogP contribution >= 0.6 is 0 Å². The maximum Gasteiger partial charge on any atom is -0.00624 e. The number of hydrogen-bond acceptors (Lipinski definition) is 1. The van der Waals surface area contributed by atoms with Gasteiger partial charge in [-0.1, -0.05) is 37.0 Å². The summed E-state index contributed by atoms with van der Waals surface area (Å²) in [5, 5.41) is 0. The van der Waals surface area contributed by atoms with Gasteiger partial charge in [0.1, 0.15) is 0 Å². The van der Waals surface area contributed by atoms with Gasteiger partial charge in [0.05, 0.1) is 0 Å². The Labute approximate surface area is 55.9 Å². The zero-order valence-corrected chi connectivity index (χ0v) is 5.33. The summed E-state index contributed by atoms with van der Waals surface area (Å²) in [7, 11) is 0. The lowest BCUT2D eigenvalue weighted by molar-refractivity contribution is 1.60. The molecule has 0 aliphatic heterocycles. The normalized spacial score (nSPS) is 12.0. The number of rotatable bonds is 3. The lowest BCUT2D eigenvalue weighted by atomic mass is 10.4. The summed E-state index contributed by atoms with van der Waals surface area (Å²) in [5.74, 6) is 0. The van der Waals surface area contributed by atoms with E-state index in [2.05, 4.69) is 6.58 Å². The predicted octanol–water partition coefficient (Wildman–Crippen LogP) is 1.76. The number of allylic oxidation sites excluding steroid dienone is 6. The van der Waals surface area contributed by atoms with Crippen molar-refractivity contribution in [1.29, 1.82) is 0 Å². The van der Waals surface area contributed by atoms with E-state index in [1.807, 2.05) is 24.3 Å². The predicted molar refractivity (Wildman–Crippen MR) is 41.8 cm³/mol. The maximum atomic E-state index is 5.07. The first-order chi connectivity index (χ1) is 4.41. The third-order valence-electron chi connectivity index (χ3n) is 0.692. The molecule has 0 fully saturated rings. The van der Waals surface area contributed by atoms with Gasteiger partial charge in [0, 0.05) is 0 Å². The minimum absolute atomic E-state index is 1.48. The van der Waals surface area contributed by atoms with Crippen molar-refractivity contribution in [2.24, 2.45) is 5.73 Å². The highest BCUT2D eigenvalue weighted by Crippen LogP contribution is 1.77. The molecule has 0 aliphatic carbocycles. The Morgan fingerprint density at radius 2 is 1.44 bits per heavy atom. The van der Waals surface area contributed by atoms with Gasteiger partial charge >= 0.3 is 0 Å². The average molecular weight is 121 g/mol.